The van der Waals surface area contributed by atoms with Crippen molar-refractivity contribution < 1.29 is 14.7 Å². The minimum atomic E-state index is -0.866. The Morgan fingerprint density at radius 1 is 1.19 bits per heavy atom. The largest absolute Gasteiger partial charge is 0.481 e. The lowest BCUT2D eigenvalue weighted by molar-refractivity contribution is -0.133. The van der Waals surface area contributed by atoms with Crippen LogP contribution < -0.4 is 5.32 Å². The van der Waals surface area contributed by atoms with Crippen LogP contribution in [0, 0.1) is 5.92 Å². The molecule has 9 heteroatoms. The molecular formula is C22H29N3O3S3. The fourth-order valence-corrected chi connectivity index (χ4v) is 6.07. The molecule has 2 N–H and O–H groups in total. The summed E-state index contributed by atoms with van der Waals surface area (Å²) in [5, 5.41) is 12.3. The standard InChI is InChI=1S/C22H29N3O3S3/c1-16-8-10-17(11-9-16)25(12-5-13-29-18-6-3-2-4-7-18)22(28)24-21-23-14-20(31-21)30-15-19(26)27/h2-4,6-7,14,16-17H,5,8-13,15H2,1H3,(H,26,27)(H,23,24,28)/t16-,17-. The van der Waals surface area contributed by atoms with Crippen molar-refractivity contribution in [2.24, 2.45) is 5.92 Å². The first kappa shape index (κ1) is 23.9. The SMILES string of the molecule is C[C@H]1CC[C@H](N(CCCSc2ccccc2)C(=O)Nc2ncc(SCC(=O)O)s2)CC1. The van der Waals surface area contributed by atoms with Gasteiger partial charge in [-0.3, -0.25) is 10.1 Å². The van der Waals surface area contributed by atoms with Crippen LogP contribution in [-0.2, 0) is 4.79 Å². The van der Waals surface area contributed by atoms with Gasteiger partial charge in [0.05, 0.1) is 16.2 Å². The van der Waals surface area contributed by atoms with Gasteiger partial charge in [-0.15, -0.1) is 23.5 Å². The first-order chi connectivity index (χ1) is 15.0. The van der Waals surface area contributed by atoms with Crippen LogP contribution in [0.2, 0.25) is 0 Å². The van der Waals surface area contributed by atoms with Crippen molar-refractivity contribution in [3.05, 3.63) is 36.5 Å². The Bertz CT molecular complexity index is 839. The number of thioether (sulfide) groups is 2. The average Bonchev–Trinajstić information content (AvgIpc) is 3.21. The number of hydrogen-bond donors (Lipinski definition) is 2. The molecule has 1 aliphatic carbocycles. The number of carbonyl (C=O) groups is 2. The molecule has 0 aliphatic heterocycles. The van der Waals surface area contributed by atoms with E-state index in [0.717, 1.165) is 54.5 Å². The lowest BCUT2D eigenvalue weighted by Crippen LogP contribution is -2.45. The third kappa shape index (κ3) is 8.05. The lowest BCUT2D eigenvalue weighted by Gasteiger charge is -2.36. The van der Waals surface area contributed by atoms with Crippen molar-refractivity contribution in [2.45, 2.75) is 54.2 Å². The van der Waals surface area contributed by atoms with Gasteiger partial charge in [0.2, 0.25) is 0 Å². The zero-order valence-electron chi connectivity index (χ0n) is 17.7. The number of thiazole rings is 1. The molecule has 1 aromatic heterocycles. The van der Waals surface area contributed by atoms with E-state index >= 15 is 0 Å². The van der Waals surface area contributed by atoms with E-state index in [0.29, 0.717) is 5.13 Å². The number of nitrogens with one attached hydrogen (secondary N) is 1. The maximum Gasteiger partial charge on any atom is 0.323 e. The van der Waals surface area contributed by atoms with Crippen LogP contribution in [0.5, 0.6) is 0 Å². The molecule has 1 fully saturated rings. The van der Waals surface area contributed by atoms with Gasteiger partial charge in [0.15, 0.2) is 5.13 Å². The maximum atomic E-state index is 13.1. The number of aromatic nitrogens is 1. The van der Waals surface area contributed by atoms with Crippen LogP contribution in [0.15, 0.2) is 45.6 Å². The van der Waals surface area contributed by atoms with Gasteiger partial charge in [0.25, 0.3) is 0 Å². The Morgan fingerprint density at radius 3 is 2.65 bits per heavy atom. The van der Waals surface area contributed by atoms with Gasteiger partial charge in [-0.2, -0.15) is 0 Å². The molecule has 31 heavy (non-hydrogen) atoms. The number of anilines is 1. The van der Waals surface area contributed by atoms with Crippen LogP contribution in [-0.4, -0.2) is 51.1 Å². The molecule has 1 aliphatic rings. The van der Waals surface area contributed by atoms with Gasteiger partial charge in [-0.25, -0.2) is 9.78 Å². The molecule has 6 nitrogen and oxygen atoms in total. The molecule has 2 amide bonds. The molecule has 0 atom stereocenters. The average molecular weight is 480 g/mol. The van der Waals surface area contributed by atoms with Crippen LogP contribution in [0.4, 0.5) is 9.93 Å². The number of carbonyl (C=O) groups excluding carboxylic acids is 1. The summed E-state index contributed by atoms with van der Waals surface area (Å²) in [7, 11) is 0. The Kier molecular flexibility index (Phi) is 9.54. The smallest absolute Gasteiger partial charge is 0.323 e. The highest BCUT2D eigenvalue weighted by atomic mass is 32.2. The molecule has 2 aromatic rings. The van der Waals surface area contributed by atoms with E-state index in [9.17, 15) is 9.59 Å². The number of urea groups is 1. The number of carboxylic acids is 1. The van der Waals surface area contributed by atoms with Gasteiger partial charge < -0.3 is 10.0 Å². The molecule has 3 rings (SSSR count). The van der Waals surface area contributed by atoms with Crippen LogP contribution >= 0.6 is 34.9 Å². The van der Waals surface area contributed by atoms with E-state index in [2.05, 4.69) is 29.4 Å². The normalized spacial score (nSPS) is 18.5. The molecule has 0 bridgehead atoms. The van der Waals surface area contributed by atoms with E-state index in [1.807, 2.05) is 34.9 Å². The third-order valence-electron chi connectivity index (χ3n) is 5.28. The van der Waals surface area contributed by atoms with Gasteiger partial charge in [-0.1, -0.05) is 36.5 Å². The summed E-state index contributed by atoms with van der Waals surface area (Å²) >= 11 is 4.35. The molecule has 1 saturated carbocycles. The predicted molar refractivity (Wildman–Crippen MR) is 129 cm³/mol. The summed E-state index contributed by atoms with van der Waals surface area (Å²) in [5.74, 6) is 0.809. The minimum Gasteiger partial charge on any atom is -0.481 e. The highest BCUT2D eigenvalue weighted by Crippen LogP contribution is 2.30. The van der Waals surface area contributed by atoms with Crippen molar-refractivity contribution >= 4 is 52.0 Å². The van der Waals surface area contributed by atoms with E-state index in [-0.39, 0.29) is 17.8 Å². The monoisotopic (exact) mass is 479 g/mol. The molecule has 0 saturated heterocycles. The van der Waals surface area contributed by atoms with Crippen molar-refractivity contribution in [1.82, 2.24) is 9.88 Å². The Balaban J connectivity index is 1.56. The highest BCUT2D eigenvalue weighted by molar-refractivity contribution is 8.01. The second-order valence-corrected chi connectivity index (χ2v) is 11.2. The molecule has 168 valence electrons. The van der Waals surface area contributed by atoms with E-state index in [4.69, 9.17) is 5.11 Å². The fraction of sp³-hybridized carbons (Fsp3) is 0.500. The minimum absolute atomic E-state index is 0.0129. The molecule has 1 heterocycles. The molecule has 0 spiro atoms. The Labute approximate surface area is 196 Å². The van der Waals surface area contributed by atoms with Gasteiger partial charge in [0, 0.05) is 17.5 Å². The zero-order chi connectivity index (χ0) is 22.1. The number of aliphatic carboxylic acids is 1. The number of amides is 2. The van der Waals surface area contributed by atoms with Gasteiger partial charge >= 0.3 is 12.0 Å². The Hall–Kier alpha value is -1.71. The summed E-state index contributed by atoms with van der Waals surface area (Å²) in [5.41, 5.74) is 0. The van der Waals surface area contributed by atoms with E-state index in [1.165, 1.54) is 28.0 Å². The maximum absolute atomic E-state index is 13.1. The van der Waals surface area contributed by atoms with Crippen LogP contribution in [0.1, 0.15) is 39.0 Å². The number of carboxylic acid groups (broad SMARTS) is 1. The summed E-state index contributed by atoms with van der Waals surface area (Å²) in [6, 6.07) is 10.5. The van der Waals surface area contributed by atoms with Crippen molar-refractivity contribution in [3.8, 4) is 0 Å². The molecule has 1 aromatic carbocycles. The van der Waals surface area contributed by atoms with Crippen LogP contribution in [0.25, 0.3) is 0 Å². The third-order valence-corrected chi connectivity index (χ3v) is 8.47. The first-order valence-electron chi connectivity index (χ1n) is 10.6. The molecule has 0 unspecified atom stereocenters. The quantitative estimate of drug-likeness (QED) is 0.325. The van der Waals surface area contributed by atoms with Gasteiger partial charge in [-0.05, 0) is 55.9 Å². The number of hydrogen-bond acceptors (Lipinski definition) is 6. The predicted octanol–water partition coefficient (Wildman–Crippen LogP) is 5.91. The van der Waals surface area contributed by atoms with E-state index in [1.54, 1.807) is 6.20 Å². The Morgan fingerprint density at radius 2 is 1.94 bits per heavy atom. The second-order valence-electron chi connectivity index (χ2n) is 7.72. The second kappa shape index (κ2) is 12.4. The van der Waals surface area contributed by atoms with Crippen molar-refractivity contribution in [3.63, 3.8) is 0 Å². The number of benzene rings is 1. The summed E-state index contributed by atoms with van der Waals surface area (Å²) in [6.07, 6.45) is 6.94. The topological polar surface area (TPSA) is 82.5 Å². The summed E-state index contributed by atoms with van der Waals surface area (Å²) < 4.78 is 0.787. The van der Waals surface area contributed by atoms with E-state index < -0.39 is 5.97 Å². The summed E-state index contributed by atoms with van der Waals surface area (Å²) in [6.45, 7) is 3.00. The van der Waals surface area contributed by atoms with Crippen LogP contribution in [0.3, 0.4) is 0 Å². The number of rotatable bonds is 10. The lowest BCUT2D eigenvalue weighted by atomic mass is 9.86. The molecular weight excluding hydrogens is 450 g/mol. The highest BCUT2D eigenvalue weighted by Gasteiger charge is 2.27. The van der Waals surface area contributed by atoms with Crippen molar-refractivity contribution in [2.75, 3.05) is 23.4 Å². The number of nitrogens with zero attached hydrogens (tertiary/aromatic N) is 2. The molecule has 0 radical (unpaired) electrons. The summed E-state index contributed by atoms with van der Waals surface area (Å²) in [4.78, 5) is 31.3. The fourth-order valence-electron chi connectivity index (χ4n) is 3.63. The zero-order valence-corrected chi connectivity index (χ0v) is 20.1. The van der Waals surface area contributed by atoms with Gasteiger partial charge in [0.1, 0.15) is 0 Å². The first-order valence-corrected chi connectivity index (χ1v) is 13.4. The van der Waals surface area contributed by atoms with Crippen molar-refractivity contribution in [1.29, 1.82) is 0 Å².